The van der Waals surface area contributed by atoms with Crippen molar-refractivity contribution in [3.63, 3.8) is 0 Å². The SMILES string of the molecule is Cc1c(C(=O)N2CCc3ccccc32)cnn1CCCN. The fourth-order valence-corrected chi connectivity index (χ4v) is 2.82. The van der Waals surface area contributed by atoms with Gasteiger partial charge in [-0.3, -0.25) is 9.48 Å². The summed E-state index contributed by atoms with van der Waals surface area (Å²) < 4.78 is 1.86. The average molecular weight is 284 g/mol. The minimum absolute atomic E-state index is 0.0384. The lowest BCUT2D eigenvalue weighted by Gasteiger charge is -2.17. The van der Waals surface area contributed by atoms with Crippen LogP contribution in [0.25, 0.3) is 0 Å². The van der Waals surface area contributed by atoms with E-state index in [9.17, 15) is 4.79 Å². The maximum atomic E-state index is 12.8. The van der Waals surface area contributed by atoms with Crippen molar-refractivity contribution in [3.05, 3.63) is 47.3 Å². The average Bonchev–Trinajstić information content (AvgIpc) is 3.08. The van der Waals surface area contributed by atoms with Crippen LogP contribution in [0.5, 0.6) is 0 Å². The van der Waals surface area contributed by atoms with Crippen LogP contribution in [0.2, 0.25) is 0 Å². The van der Waals surface area contributed by atoms with Crippen molar-refractivity contribution in [2.75, 3.05) is 18.0 Å². The molecule has 0 atom stereocenters. The summed E-state index contributed by atoms with van der Waals surface area (Å²) in [6, 6.07) is 8.08. The highest BCUT2D eigenvalue weighted by atomic mass is 16.2. The van der Waals surface area contributed by atoms with E-state index in [1.54, 1.807) is 6.20 Å². The smallest absolute Gasteiger partial charge is 0.261 e. The van der Waals surface area contributed by atoms with E-state index in [-0.39, 0.29) is 5.91 Å². The molecule has 1 amide bonds. The molecule has 0 bridgehead atoms. The summed E-state index contributed by atoms with van der Waals surface area (Å²) in [6.07, 6.45) is 3.46. The molecule has 110 valence electrons. The molecule has 3 rings (SSSR count). The molecule has 5 heteroatoms. The quantitative estimate of drug-likeness (QED) is 0.930. The van der Waals surface area contributed by atoms with Crippen LogP contribution >= 0.6 is 0 Å². The minimum atomic E-state index is 0.0384. The number of fused-ring (bicyclic) bond motifs is 1. The molecule has 2 heterocycles. The number of carbonyl (C=O) groups is 1. The molecule has 5 nitrogen and oxygen atoms in total. The van der Waals surface area contributed by atoms with Crippen LogP contribution in [0.3, 0.4) is 0 Å². The van der Waals surface area contributed by atoms with Gasteiger partial charge in [0.1, 0.15) is 0 Å². The van der Waals surface area contributed by atoms with E-state index in [1.807, 2.05) is 34.7 Å². The molecule has 1 aromatic heterocycles. The second-order valence-electron chi connectivity index (χ2n) is 5.34. The molecule has 2 aromatic rings. The number of rotatable bonds is 4. The molecule has 0 saturated carbocycles. The van der Waals surface area contributed by atoms with Crippen LogP contribution in [-0.2, 0) is 13.0 Å². The van der Waals surface area contributed by atoms with Crippen molar-refractivity contribution in [1.29, 1.82) is 0 Å². The van der Waals surface area contributed by atoms with Crippen molar-refractivity contribution in [1.82, 2.24) is 9.78 Å². The Morgan fingerprint density at radius 2 is 2.19 bits per heavy atom. The van der Waals surface area contributed by atoms with Crippen molar-refractivity contribution in [2.45, 2.75) is 26.3 Å². The van der Waals surface area contributed by atoms with Crippen LogP contribution in [0.15, 0.2) is 30.5 Å². The third kappa shape index (κ3) is 2.45. The topological polar surface area (TPSA) is 64.2 Å². The Morgan fingerprint density at radius 3 is 3.00 bits per heavy atom. The molecular weight excluding hydrogens is 264 g/mol. The first-order valence-electron chi connectivity index (χ1n) is 7.34. The number of amides is 1. The maximum absolute atomic E-state index is 12.8. The molecule has 21 heavy (non-hydrogen) atoms. The Balaban J connectivity index is 1.85. The number of aromatic nitrogens is 2. The lowest BCUT2D eigenvalue weighted by Crippen LogP contribution is -2.29. The summed E-state index contributed by atoms with van der Waals surface area (Å²) in [5, 5.41) is 4.32. The third-order valence-corrected chi connectivity index (χ3v) is 4.04. The monoisotopic (exact) mass is 284 g/mol. The highest BCUT2D eigenvalue weighted by molar-refractivity contribution is 6.07. The Kier molecular flexibility index (Phi) is 3.75. The number of hydrogen-bond donors (Lipinski definition) is 1. The van der Waals surface area contributed by atoms with E-state index >= 15 is 0 Å². The number of para-hydroxylation sites is 1. The van der Waals surface area contributed by atoms with E-state index < -0.39 is 0 Å². The summed E-state index contributed by atoms with van der Waals surface area (Å²) in [7, 11) is 0. The summed E-state index contributed by atoms with van der Waals surface area (Å²) in [5.41, 5.74) is 9.39. The van der Waals surface area contributed by atoms with Gasteiger partial charge in [-0.1, -0.05) is 18.2 Å². The number of benzene rings is 1. The molecule has 0 spiro atoms. The van der Waals surface area contributed by atoms with E-state index in [4.69, 9.17) is 5.73 Å². The molecule has 1 aromatic carbocycles. The van der Waals surface area contributed by atoms with Gasteiger partial charge in [0.05, 0.1) is 11.8 Å². The van der Waals surface area contributed by atoms with Crippen molar-refractivity contribution >= 4 is 11.6 Å². The normalized spacial score (nSPS) is 13.5. The summed E-state index contributed by atoms with van der Waals surface area (Å²) in [4.78, 5) is 14.6. The maximum Gasteiger partial charge on any atom is 0.261 e. The highest BCUT2D eigenvalue weighted by Crippen LogP contribution is 2.29. The number of nitrogens with two attached hydrogens (primary N) is 1. The van der Waals surface area contributed by atoms with Gasteiger partial charge in [-0.05, 0) is 37.9 Å². The second kappa shape index (κ2) is 5.69. The Bertz CT molecular complexity index is 662. The molecule has 0 fully saturated rings. The lowest BCUT2D eigenvalue weighted by molar-refractivity contribution is 0.0988. The first-order chi connectivity index (χ1) is 10.2. The zero-order chi connectivity index (χ0) is 14.8. The van der Waals surface area contributed by atoms with Crippen LogP contribution in [0.1, 0.15) is 28.0 Å². The molecule has 2 N–H and O–H groups in total. The molecule has 0 aliphatic carbocycles. The first-order valence-corrected chi connectivity index (χ1v) is 7.34. The van der Waals surface area contributed by atoms with Gasteiger partial charge in [0.25, 0.3) is 5.91 Å². The van der Waals surface area contributed by atoms with E-state index in [0.29, 0.717) is 12.1 Å². The van der Waals surface area contributed by atoms with Gasteiger partial charge in [-0.15, -0.1) is 0 Å². The zero-order valence-electron chi connectivity index (χ0n) is 12.2. The fraction of sp³-hybridized carbons (Fsp3) is 0.375. The lowest BCUT2D eigenvalue weighted by atomic mass is 10.2. The van der Waals surface area contributed by atoms with Gasteiger partial charge < -0.3 is 10.6 Å². The Labute approximate surface area is 124 Å². The van der Waals surface area contributed by atoms with Gasteiger partial charge in [0, 0.05) is 24.5 Å². The van der Waals surface area contributed by atoms with Gasteiger partial charge in [-0.25, -0.2) is 0 Å². The van der Waals surface area contributed by atoms with Gasteiger partial charge in [0.2, 0.25) is 0 Å². The first kappa shape index (κ1) is 13.8. The standard InChI is InChI=1S/C16H20N4O/c1-12-14(11-18-20(12)9-4-8-17)16(21)19-10-7-13-5-2-3-6-15(13)19/h2-3,5-6,11H,4,7-10,17H2,1H3. The minimum Gasteiger partial charge on any atom is -0.330 e. The largest absolute Gasteiger partial charge is 0.330 e. The summed E-state index contributed by atoms with van der Waals surface area (Å²) >= 11 is 0. The number of aryl methyl sites for hydroxylation is 1. The Hall–Kier alpha value is -2.14. The Morgan fingerprint density at radius 1 is 1.38 bits per heavy atom. The van der Waals surface area contributed by atoms with Gasteiger partial charge >= 0.3 is 0 Å². The van der Waals surface area contributed by atoms with Crippen LogP contribution < -0.4 is 10.6 Å². The number of hydrogen-bond acceptors (Lipinski definition) is 3. The number of anilines is 1. The fourth-order valence-electron chi connectivity index (χ4n) is 2.82. The predicted octanol–water partition coefficient (Wildman–Crippen LogP) is 1.74. The van der Waals surface area contributed by atoms with E-state index in [0.717, 1.165) is 37.3 Å². The van der Waals surface area contributed by atoms with Crippen molar-refractivity contribution < 1.29 is 4.79 Å². The summed E-state index contributed by atoms with van der Waals surface area (Å²) in [5.74, 6) is 0.0384. The molecular formula is C16H20N4O. The predicted molar refractivity (Wildman–Crippen MR) is 82.5 cm³/mol. The van der Waals surface area contributed by atoms with Gasteiger partial charge in [0.15, 0.2) is 0 Å². The second-order valence-corrected chi connectivity index (χ2v) is 5.34. The number of carbonyl (C=O) groups excluding carboxylic acids is 1. The highest BCUT2D eigenvalue weighted by Gasteiger charge is 2.27. The van der Waals surface area contributed by atoms with Gasteiger partial charge in [-0.2, -0.15) is 5.10 Å². The molecule has 1 aliphatic heterocycles. The number of nitrogens with zero attached hydrogens (tertiary/aromatic N) is 3. The van der Waals surface area contributed by atoms with Crippen LogP contribution in [0.4, 0.5) is 5.69 Å². The molecule has 0 radical (unpaired) electrons. The van der Waals surface area contributed by atoms with E-state index in [1.165, 1.54) is 5.56 Å². The molecule has 1 aliphatic rings. The van der Waals surface area contributed by atoms with Crippen LogP contribution in [0, 0.1) is 6.92 Å². The van der Waals surface area contributed by atoms with Crippen LogP contribution in [-0.4, -0.2) is 28.8 Å². The zero-order valence-corrected chi connectivity index (χ0v) is 12.2. The summed E-state index contributed by atoms with van der Waals surface area (Å²) in [6.45, 7) is 4.07. The molecule has 0 unspecified atom stereocenters. The van der Waals surface area contributed by atoms with E-state index in [2.05, 4.69) is 11.2 Å². The third-order valence-electron chi connectivity index (χ3n) is 4.04. The van der Waals surface area contributed by atoms with Crippen molar-refractivity contribution in [3.8, 4) is 0 Å². The van der Waals surface area contributed by atoms with Crippen molar-refractivity contribution in [2.24, 2.45) is 5.73 Å². The molecule has 0 saturated heterocycles.